The molecule has 1 aromatic rings. The molecule has 1 fully saturated rings. The molecule has 1 nitrogen and oxygen atoms in total. The maximum Gasteiger partial charge on any atom is 0.393 e. The van der Waals surface area contributed by atoms with Crippen LogP contribution in [0.5, 0.6) is 0 Å². The second kappa shape index (κ2) is 4.84. The molecule has 2 unspecified atom stereocenters. The zero-order chi connectivity index (χ0) is 13.3. The molecule has 1 aromatic carbocycles. The predicted molar refractivity (Wildman–Crippen MR) is 55.9 cm³/mol. The summed E-state index contributed by atoms with van der Waals surface area (Å²) in [6, 6.07) is 1.52. The van der Waals surface area contributed by atoms with Gasteiger partial charge >= 0.3 is 6.18 Å². The van der Waals surface area contributed by atoms with Crippen LogP contribution in [0, 0.1) is 17.6 Å². The van der Waals surface area contributed by atoms with Crippen LogP contribution in [0.15, 0.2) is 18.2 Å². The van der Waals surface area contributed by atoms with Gasteiger partial charge in [-0.2, -0.15) is 13.2 Å². The van der Waals surface area contributed by atoms with E-state index in [9.17, 15) is 22.0 Å². The lowest BCUT2D eigenvalue weighted by Crippen LogP contribution is -2.42. The van der Waals surface area contributed by atoms with E-state index in [4.69, 9.17) is 0 Å². The SMILES string of the molecule is Fc1ccc(C2NCCCC2C(F)(F)F)c(F)c1. The minimum atomic E-state index is -4.39. The average molecular weight is 265 g/mol. The second-order valence-corrected chi connectivity index (χ2v) is 4.39. The van der Waals surface area contributed by atoms with E-state index in [-0.39, 0.29) is 12.0 Å². The molecule has 0 aliphatic carbocycles. The molecule has 1 aliphatic rings. The molecule has 0 spiro atoms. The van der Waals surface area contributed by atoms with Gasteiger partial charge in [-0.05, 0) is 25.5 Å². The van der Waals surface area contributed by atoms with Gasteiger partial charge in [0.1, 0.15) is 11.6 Å². The predicted octanol–water partition coefficient (Wildman–Crippen LogP) is 3.57. The normalized spacial score (nSPS) is 25.2. The number of piperidine rings is 1. The number of benzene rings is 1. The first-order valence-electron chi connectivity index (χ1n) is 5.64. The molecule has 0 radical (unpaired) electrons. The van der Waals surface area contributed by atoms with Crippen molar-refractivity contribution in [3.05, 3.63) is 35.4 Å². The summed E-state index contributed by atoms with van der Waals surface area (Å²) in [6.07, 6.45) is -4.04. The fourth-order valence-corrected chi connectivity index (χ4v) is 2.32. The Morgan fingerprint density at radius 1 is 1.17 bits per heavy atom. The van der Waals surface area contributed by atoms with Gasteiger partial charge in [-0.3, -0.25) is 0 Å². The molecule has 0 saturated carbocycles. The van der Waals surface area contributed by atoms with Gasteiger partial charge < -0.3 is 5.32 Å². The van der Waals surface area contributed by atoms with Crippen molar-refractivity contribution in [2.24, 2.45) is 5.92 Å². The summed E-state index contributed by atoms with van der Waals surface area (Å²) >= 11 is 0. The maximum atomic E-state index is 13.5. The van der Waals surface area contributed by atoms with Crippen molar-refractivity contribution >= 4 is 0 Å². The average Bonchev–Trinajstić information content (AvgIpc) is 2.28. The molecule has 0 bridgehead atoms. The quantitative estimate of drug-likeness (QED) is 0.765. The summed E-state index contributed by atoms with van der Waals surface area (Å²) in [5.41, 5.74) is -0.126. The lowest BCUT2D eigenvalue weighted by molar-refractivity contribution is -0.189. The van der Waals surface area contributed by atoms with Crippen LogP contribution in [-0.4, -0.2) is 12.7 Å². The topological polar surface area (TPSA) is 12.0 Å². The zero-order valence-corrected chi connectivity index (χ0v) is 9.40. The molecule has 1 heterocycles. The number of nitrogens with one attached hydrogen (secondary N) is 1. The Morgan fingerprint density at radius 2 is 1.89 bits per heavy atom. The van der Waals surface area contributed by atoms with Crippen molar-refractivity contribution in [1.29, 1.82) is 0 Å². The summed E-state index contributed by atoms with van der Waals surface area (Å²) in [5, 5.41) is 2.67. The van der Waals surface area contributed by atoms with Crippen molar-refractivity contribution in [2.75, 3.05) is 6.54 Å². The second-order valence-electron chi connectivity index (χ2n) is 4.39. The van der Waals surface area contributed by atoms with Gasteiger partial charge in [-0.1, -0.05) is 6.07 Å². The lowest BCUT2D eigenvalue weighted by Gasteiger charge is -2.34. The number of hydrogen-bond acceptors (Lipinski definition) is 1. The minimum absolute atomic E-state index is 0.0437. The zero-order valence-electron chi connectivity index (χ0n) is 9.40. The first-order valence-corrected chi connectivity index (χ1v) is 5.64. The van der Waals surface area contributed by atoms with Gasteiger partial charge in [0, 0.05) is 17.7 Å². The highest BCUT2D eigenvalue weighted by atomic mass is 19.4. The van der Waals surface area contributed by atoms with Gasteiger partial charge in [0.2, 0.25) is 0 Å². The fourth-order valence-electron chi connectivity index (χ4n) is 2.32. The Hall–Kier alpha value is -1.17. The largest absolute Gasteiger partial charge is 0.393 e. The third kappa shape index (κ3) is 2.63. The van der Waals surface area contributed by atoms with Crippen LogP contribution in [0.3, 0.4) is 0 Å². The number of alkyl halides is 3. The third-order valence-electron chi connectivity index (χ3n) is 3.18. The Balaban J connectivity index is 2.34. The Labute approximate surface area is 101 Å². The van der Waals surface area contributed by atoms with Crippen LogP contribution in [-0.2, 0) is 0 Å². The molecule has 18 heavy (non-hydrogen) atoms. The fraction of sp³-hybridized carbons (Fsp3) is 0.500. The molecular weight excluding hydrogens is 253 g/mol. The van der Waals surface area contributed by atoms with E-state index >= 15 is 0 Å². The van der Waals surface area contributed by atoms with E-state index in [0.29, 0.717) is 19.0 Å². The Morgan fingerprint density at radius 3 is 2.50 bits per heavy atom. The van der Waals surface area contributed by atoms with E-state index in [1.807, 2.05) is 0 Å². The van der Waals surface area contributed by atoms with Crippen molar-refractivity contribution in [3.63, 3.8) is 0 Å². The standard InChI is InChI=1S/C12H12F5N/c13-7-3-4-8(10(14)6-7)11-9(12(15,16)17)2-1-5-18-11/h3-4,6,9,11,18H,1-2,5H2. The van der Waals surface area contributed by atoms with Crippen LogP contribution in [0.1, 0.15) is 24.4 Å². The van der Waals surface area contributed by atoms with Crippen molar-refractivity contribution in [1.82, 2.24) is 5.32 Å². The van der Waals surface area contributed by atoms with Crippen LogP contribution >= 0.6 is 0 Å². The highest BCUT2D eigenvalue weighted by Crippen LogP contribution is 2.41. The van der Waals surface area contributed by atoms with Crippen LogP contribution in [0.2, 0.25) is 0 Å². The van der Waals surface area contributed by atoms with E-state index in [1.165, 1.54) is 0 Å². The lowest BCUT2D eigenvalue weighted by atomic mass is 9.85. The molecule has 1 N–H and O–H groups in total. The monoisotopic (exact) mass is 265 g/mol. The first-order chi connectivity index (χ1) is 8.39. The molecule has 1 aliphatic heterocycles. The molecule has 1 saturated heterocycles. The molecule has 2 atom stereocenters. The number of hydrogen-bond donors (Lipinski definition) is 1. The van der Waals surface area contributed by atoms with Gasteiger partial charge in [0.15, 0.2) is 0 Å². The molecule has 0 aromatic heterocycles. The van der Waals surface area contributed by atoms with Crippen molar-refractivity contribution < 1.29 is 22.0 Å². The number of rotatable bonds is 1. The highest BCUT2D eigenvalue weighted by molar-refractivity contribution is 5.23. The minimum Gasteiger partial charge on any atom is -0.309 e. The summed E-state index contributed by atoms with van der Waals surface area (Å²) < 4.78 is 64.9. The van der Waals surface area contributed by atoms with Crippen molar-refractivity contribution in [2.45, 2.75) is 25.1 Å². The van der Waals surface area contributed by atoms with Gasteiger partial charge in [0.05, 0.1) is 5.92 Å². The van der Waals surface area contributed by atoms with Gasteiger partial charge in [0.25, 0.3) is 0 Å². The van der Waals surface area contributed by atoms with Crippen LogP contribution in [0.4, 0.5) is 22.0 Å². The van der Waals surface area contributed by atoms with Crippen LogP contribution < -0.4 is 5.32 Å². The van der Waals surface area contributed by atoms with E-state index < -0.39 is 29.8 Å². The van der Waals surface area contributed by atoms with Crippen LogP contribution in [0.25, 0.3) is 0 Å². The summed E-state index contributed by atoms with van der Waals surface area (Å²) in [6.45, 7) is 0.397. The smallest absolute Gasteiger partial charge is 0.309 e. The van der Waals surface area contributed by atoms with E-state index in [1.54, 1.807) is 0 Å². The number of halogens is 5. The summed E-state index contributed by atoms with van der Waals surface area (Å²) in [7, 11) is 0. The summed E-state index contributed by atoms with van der Waals surface area (Å²) in [4.78, 5) is 0. The maximum absolute atomic E-state index is 13.5. The Kier molecular flexibility index (Phi) is 3.56. The van der Waals surface area contributed by atoms with Gasteiger partial charge in [-0.15, -0.1) is 0 Å². The first kappa shape index (κ1) is 13.3. The molecule has 6 heteroatoms. The van der Waals surface area contributed by atoms with E-state index in [2.05, 4.69) is 5.32 Å². The highest BCUT2D eigenvalue weighted by Gasteiger charge is 2.46. The molecular formula is C12H12F5N. The Bertz CT molecular complexity index is 429. The third-order valence-corrected chi connectivity index (χ3v) is 3.18. The molecule has 2 rings (SSSR count). The molecule has 0 amide bonds. The van der Waals surface area contributed by atoms with Crippen molar-refractivity contribution in [3.8, 4) is 0 Å². The van der Waals surface area contributed by atoms with Gasteiger partial charge in [-0.25, -0.2) is 8.78 Å². The summed E-state index contributed by atoms with van der Waals surface area (Å²) in [5.74, 6) is -3.37. The van der Waals surface area contributed by atoms with E-state index in [0.717, 1.165) is 12.1 Å². The molecule has 100 valence electrons.